The van der Waals surface area contributed by atoms with Crippen molar-refractivity contribution in [2.45, 2.75) is 135 Å². The molecule has 1 unspecified atom stereocenters. The van der Waals surface area contributed by atoms with Gasteiger partial charge in [-0.3, -0.25) is 4.90 Å². The Hall–Kier alpha value is -0.730. The molecule has 0 rings (SSSR count). The summed E-state index contributed by atoms with van der Waals surface area (Å²) in [5.41, 5.74) is 0. The van der Waals surface area contributed by atoms with E-state index in [0.29, 0.717) is 26.1 Å². The quantitative estimate of drug-likeness (QED) is 0.103. The fourth-order valence-corrected chi connectivity index (χ4v) is 4.12. The Morgan fingerprint density at radius 2 is 0.857 bits per heavy atom. The number of carboxylic acid groups (broad SMARTS) is 1. The molecule has 0 aromatic heterocycles. The number of carbonyl (C=O) groups is 1. The van der Waals surface area contributed by atoms with Crippen LogP contribution in [0.15, 0.2) is 0 Å². The van der Waals surface area contributed by atoms with Crippen LogP contribution in [0.1, 0.15) is 129 Å². The van der Waals surface area contributed by atoms with Crippen LogP contribution in [0.3, 0.4) is 0 Å². The van der Waals surface area contributed by atoms with Crippen molar-refractivity contribution in [2.75, 3.05) is 39.5 Å². The Morgan fingerprint density at radius 3 is 1.11 bits per heavy atom. The van der Waals surface area contributed by atoms with E-state index in [9.17, 15) is 4.79 Å². The molecule has 0 aromatic rings. The summed E-state index contributed by atoms with van der Waals surface area (Å²) in [6.45, 7) is 4.03. The third kappa shape index (κ3) is 31.2. The van der Waals surface area contributed by atoms with Crippen molar-refractivity contribution in [3.05, 3.63) is 0 Å². The van der Waals surface area contributed by atoms with Crippen molar-refractivity contribution in [1.29, 1.82) is 0 Å². The molecule has 7 heteroatoms. The van der Waals surface area contributed by atoms with Gasteiger partial charge in [-0.25, -0.2) is 4.79 Å². The zero-order valence-electron chi connectivity index (χ0n) is 22.8. The van der Waals surface area contributed by atoms with Gasteiger partial charge in [0.2, 0.25) is 0 Å². The monoisotopic (exact) mass is 505 g/mol. The summed E-state index contributed by atoms with van der Waals surface area (Å²) < 4.78 is 0. The molecule has 0 aliphatic heterocycles. The Morgan fingerprint density at radius 1 is 0.571 bits per heavy atom. The summed E-state index contributed by atoms with van der Waals surface area (Å²) in [7, 11) is 0. The molecule has 0 radical (unpaired) electrons. The summed E-state index contributed by atoms with van der Waals surface area (Å²) in [6, 6.07) is 0. The van der Waals surface area contributed by atoms with Gasteiger partial charge < -0.3 is 25.5 Å². The average molecular weight is 506 g/mol. The molecule has 7 nitrogen and oxygen atoms in total. The van der Waals surface area contributed by atoms with E-state index in [1.165, 1.54) is 103 Å². The molecule has 212 valence electrons. The van der Waals surface area contributed by atoms with E-state index in [4.69, 9.17) is 25.5 Å². The minimum absolute atomic E-state index is 0.0694. The largest absolute Gasteiger partial charge is 0.479 e. The molecule has 0 aliphatic carbocycles. The summed E-state index contributed by atoms with van der Waals surface area (Å²) in [5.74, 6) is -1.09. The van der Waals surface area contributed by atoms with Gasteiger partial charge in [0.25, 0.3) is 0 Å². The second-order valence-corrected chi connectivity index (χ2v) is 9.67. The van der Waals surface area contributed by atoms with Crippen molar-refractivity contribution in [1.82, 2.24) is 4.90 Å². The van der Waals surface area contributed by atoms with E-state index in [0.717, 1.165) is 12.8 Å². The predicted molar refractivity (Wildman–Crippen MR) is 145 cm³/mol. The summed E-state index contributed by atoms with van der Waals surface area (Å²) in [6.07, 6.45) is 23.1. The fourth-order valence-electron chi connectivity index (χ4n) is 4.12. The maximum absolute atomic E-state index is 10.5. The predicted octanol–water partition coefficient (Wildman–Crippen LogP) is 5.13. The summed E-state index contributed by atoms with van der Waals surface area (Å²) in [5, 5.41) is 43.2. The Balaban J connectivity index is 0. The number of hydrogen-bond donors (Lipinski definition) is 5. The number of rotatable bonds is 26. The molecular formula is C28H59NO6. The van der Waals surface area contributed by atoms with E-state index in [-0.39, 0.29) is 19.8 Å². The molecule has 0 aromatic carbocycles. The number of aliphatic carboxylic acids is 1. The highest BCUT2D eigenvalue weighted by Crippen LogP contribution is 2.14. The van der Waals surface area contributed by atoms with E-state index in [1.54, 1.807) is 4.90 Å². The number of hydrogen-bond acceptors (Lipinski definition) is 6. The lowest BCUT2D eigenvalue weighted by Crippen LogP contribution is -2.32. The first-order chi connectivity index (χ1) is 17.0. The molecule has 5 N–H and O–H groups in total. The highest BCUT2D eigenvalue weighted by Gasteiger charge is 2.11. The van der Waals surface area contributed by atoms with Crippen LogP contribution in [0.4, 0.5) is 0 Å². The van der Waals surface area contributed by atoms with Gasteiger partial charge in [-0.1, -0.05) is 122 Å². The van der Waals surface area contributed by atoms with Crippen LogP contribution in [0.2, 0.25) is 0 Å². The maximum atomic E-state index is 10.5. The number of unbranched alkanes of at least 4 members (excludes halogenated alkanes) is 17. The van der Waals surface area contributed by atoms with Gasteiger partial charge in [-0.05, 0) is 6.42 Å². The van der Waals surface area contributed by atoms with Crippen LogP contribution in [0, 0.1) is 0 Å². The number of carboxylic acids is 1. The Kier molecular flexibility index (Phi) is 32.6. The standard InChI is InChI=1S/C22H44O3.C6H15NO3/c1-2-3-4-5-6-7-8-9-10-11-12-13-14-15-16-17-18-19-20-21(23)22(24)25;8-4-1-7(2-5-9)3-6-10/h21,23H,2-20H2,1H3,(H,24,25);8-10H,1-6H2. The van der Waals surface area contributed by atoms with Crippen LogP contribution in [-0.2, 0) is 4.79 Å². The Bertz CT molecular complexity index is 397. The zero-order chi connectivity index (χ0) is 26.4. The van der Waals surface area contributed by atoms with Gasteiger partial charge in [0.15, 0.2) is 6.10 Å². The van der Waals surface area contributed by atoms with Crippen LogP contribution in [0.25, 0.3) is 0 Å². The number of aliphatic hydroxyl groups excluding tert-OH is 4. The maximum Gasteiger partial charge on any atom is 0.332 e. The zero-order valence-corrected chi connectivity index (χ0v) is 22.8. The van der Waals surface area contributed by atoms with Crippen molar-refractivity contribution in [3.8, 4) is 0 Å². The Labute approximate surface area is 215 Å². The van der Waals surface area contributed by atoms with Gasteiger partial charge in [0.1, 0.15) is 0 Å². The van der Waals surface area contributed by atoms with Crippen molar-refractivity contribution >= 4 is 5.97 Å². The smallest absolute Gasteiger partial charge is 0.332 e. The second kappa shape index (κ2) is 31.3. The molecule has 0 spiro atoms. The van der Waals surface area contributed by atoms with Crippen LogP contribution in [-0.4, -0.2) is 82.0 Å². The summed E-state index contributed by atoms with van der Waals surface area (Å²) >= 11 is 0. The highest BCUT2D eigenvalue weighted by molar-refractivity contribution is 5.71. The third-order valence-electron chi connectivity index (χ3n) is 6.36. The minimum atomic E-state index is -1.17. The SMILES string of the molecule is CCCCCCCCCCCCCCCCCCCCC(O)C(=O)O.OCCN(CCO)CCO. The molecule has 0 heterocycles. The van der Waals surface area contributed by atoms with Crippen LogP contribution in [0.5, 0.6) is 0 Å². The van der Waals surface area contributed by atoms with Crippen molar-refractivity contribution in [2.24, 2.45) is 0 Å². The van der Waals surface area contributed by atoms with Crippen LogP contribution >= 0.6 is 0 Å². The topological polar surface area (TPSA) is 121 Å². The number of nitrogens with zero attached hydrogens (tertiary/aromatic N) is 1. The molecule has 0 saturated heterocycles. The minimum Gasteiger partial charge on any atom is -0.479 e. The molecule has 1 atom stereocenters. The van der Waals surface area contributed by atoms with Crippen molar-refractivity contribution < 1.29 is 30.3 Å². The van der Waals surface area contributed by atoms with Gasteiger partial charge in [-0.15, -0.1) is 0 Å². The van der Waals surface area contributed by atoms with Gasteiger partial charge in [0, 0.05) is 19.6 Å². The molecule has 0 aliphatic rings. The van der Waals surface area contributed by atoms with Gasteiger partial charge in [-0.2, -0.15) is 0 Å². The molecule has 0 saturated carbocycles. The van der Waals surface area contributed by atoms with Crippen LogP contribution < -0.4 is 0 Å². The third-order valence-corrected chi connectivity index (χ3v) is 6.36. The first-order valence-corrected chi connectivity index (χ1v) is 14.5. The normalized spacial score (nSPS) is 11.9. The molecule has 0 bridgehead atoms. The molecular weight excluding hydrogens is 446 g/mol. The van der Waals surface area contributed by atoms with Crippen molar-refractivity contribution in [3.63, 3.8) is 0 Å². The van der Waals surface area contributed by atoms with E-state index in [2.05, 4.69) is 6.92 Å². The van der Waals surface area contributed by atoms with E-state index >= 15 is 0 Å². The lowest BCUT2D eigenvalue weighted by molar-refractivity contribution is -0.146. The molecule has 35 heavy (non-hydrogen) atoms. The molecule has 0 fully saturated rings. The van der Waals surface area contributed by atoms with Gasteiger partial charge in [0.05, 0.1) is 19.8 Å². The fraction of sp³-hybridized carbons (Fsp3) is 0.964. The lowest BCUT2D eigenvalue weighted by Gasteiger charge is -2.17. The average Bonchev–Trinajstić information content (AvgIpc) is 2.84. The first-order valence-electron chi connectivity index (χ1n) is 14.5. The second-order valence-electron chi connectivity index (χ2n) is 9.67. The summed E-state index contributed by atoms with van der Waals surface area (Å²) in [4.78, 5) is 12.3. The highest BCUT2D eigenvalue weighted by atomic mass is 16.4. The van der Waals surface area contributed by atoms with Gasteiger partial charge >= 0.3 is 5.97 Å². The number of aliphatic hydroxyl groups is 4. The lowest BCUT2D eigenvalue weighted by atomic mass is 10.0. The first kappa shape index (κ1) is 36.4. The van der Waals surface area contributed by atoms with E-state index < -0.39 is 12.1 Å². The van der Waals surface area contributed by atoms with E-state index in [1.807, 2.05) is 0 Å². The molecule has 0 amide bonds.